The Labute approximate surface area is 151 Å². The van der Waals surface area contributed by atoms with Gasteiger partial charge in [-0.1, -0.05) is 30.3 Å². The maximum atomic E-state index is 12.2. The molecule has 0 radical (unpaired) electrons. The standard InChI is InChI=1S/C18H23NO5S/c1-10(20)19-11(2)25-16-14(19)18(21-3)23-13-9-22-17(24-15(13)16)12-7-5-4-6-8-12/h4-8,11,13-18H,9H2,1-3H3/t11?,13-,14+,15-,16-,17-,18+/m1/s1. The van der Waals surface area contributed by atoms with Gasteiger partial charge < -0.3 is 23.8 Å². The molecule has 1 aromatic rings. The predicted molar refractivity (Wildman–Crippen MR) is 92.8 cm³/mol. The van der Waals surface area contributed by atoms with E-state index < -0.39 is 12.6 Å². The van der Waals surface area contributed by atoms with E-state index in [2.05, 4.69) is 0 Å². The van der Waals surface area contributed by atoms with Crippen LogP contribution in [0, 0.1) is 0 Å². The van der Waals surface area contributed by atoms with Crippen molar-refractivity contribution < 1.29 is 23.7 Å². The highest BCUT2D eigenvalue weighted by Gasteiger charge is 2.57. The first kappa shape index (κ1) is 17.3. The molecule has 136 valence electrons. The second kappa shape index (κ2) is 6.89. The summed E-state index contributed by atoms with van der Waals surface area (Å²) in [6, 6.07) is 9.75. The molecule has 1 amide bonds. The lowest BCUT2D eigenvalue weighted by Gasteiger charge is -2.47. The molecule has 0 aromatic heterocycles. The molecule has 25 heavy (non-hydrogen) atoms. The Morgan fingerprint density at radius 1 is 1.28 bits per heavy atom. The summed E-state index contributed by atoms with van der Waals surface area (Å²) in [6.07, 6.45) is -1.22. The van der Waals surface area contributed by atoms with Gasteiger partial charge in [0.25, 0.3) is 0 Å². The molecule has 0 N–H and O–H groups in total. The molecule has 3 fully saturated rings. The molecule has 0 saturated carbocycles. The van der Waals surface area contributed by atoms with Crippen LogP contribution in [0.2, 0.25) is 0 Å². The minimum Gasteiger partial charge on any atom is -0.354 e. The van der Waals surface area contributed by atoms with E-state index in [1.54, 1.807) is 25.8 Å². The minimum absolute atomic E-state index is 0.0308. The highest BCUT2D eigenvalue weighted by atomic mass is 32.2. The van der Waals surface area contributed by atoms with E-state index in [-0.39, 0.29) is 34.8 Å². The molecule has 0 spiro atoms. The van der Waals surface area contributed by atoms with Crippen molar-refractivity contribution in [1.82, 2.24) is 4.90 Å². The Morgan fingerprint density at radius 3 is 2.72 bits per heavy atom. The topological polar surface area (TPSA) is 57.2 Å². The zero-order valence-electron chi connectivity index (χ0n) is 14.5. The van der Waals surface area contributed by atoms with Crippen molar-refractivity contribution in [3.05, 3.63) is 35.9 Å². The van der Waals surface area contributed by atoms with Crippen molar-refractivity contribution >= 4 is 17.7 Å². The number of ether oxygens (including phenoxy) is 4. The molecule has 7 atom stereocenters. The Hall–Kier alpha value is -1.12. The normalized spacial score (nSPS) is 40.4. The first-order chi connectivity index (χ1) is 12.1. The van der Waals surface area contributed by atoms with Gasteiger partial charge >= 0.3 is 0 Å². The number of amides is 1. The molecule has 0 bridgehead atoms. The number of thioether (sulfide) groups is 1. The number of nitrogens with zero attached hydrogens (tertiary/aromatic N) is 1. The van der Waals surface area contributed by atoms with Gasteiger partial charge in [0.1, 0.15) is 12.2 Å². The third-order valence-corrected chi connectivity index (χ3v) is 6.52. The Kier molecular flexibility index (Phi) is 4.77. The van der Waals surface area contributed by atoms with Crippen LogP contribution in [0.3, 0.4) is 0 Å². The molecular formula is C18H23NO5S. The zero-order chi connectivity index (χ0) is 17.6. The highest BCUT2D eigenvalue weighted by Crippen LogP contribution is 2.47. The second-order valence-electron chi connectivity index (χ2n) is 6.57. The number of carbonyl (C=O) groups is 1. The van der Waals surface area contributed by atoms with Gasteiger partial charge in [-0.05, 0) is 6.92 Å². The van der Waals surface area contributed by atoms with Crippen LogP contribution in [0.15, 0.2) is 30.3 Å². The number of fused-ring (bicyclic) bond motifs is 3. The summed E-state index contributed by atoms with van der Waals surface area (Å²) in [6.45, 7) is 4.08. The van der Waals surface area contributed by atoms with Crippen molar-refractivity contribution in [3.63, 3.8) is 0 Å². The van der Waals surface area contributed by atoms with Crippen LogP contribution in [0.4, 0.5) is 0 Å². The highest BCUT2D eigenvalue weighted by molar-refractivity contribution is 8.00. The number of hydrogen-bond donors (Lipinski definition) is 0. The van der Waals surface area contributed by atoms with Crippen LogP contribution in [0.1, 0.15) is 25.7 Å². The van der Waals surface area contributed by atoms with Gasteiger partial charge in [-0.25, -0.2) is 0 Å². The number of carbonyl (C=O) groups excluding carboxylic acids is 1. The summed E-state index contributed by atoms with van der Waals surface area (Å²) < 4.78 is 23.8. The quantitative estimate of drug-likeness (QED) is 0.800. The lowest BCUT2D eigenvalue weighted by atomic mass is 9.97. The van der Waals surface area contributed by atoms with E-state index in [9.17, 15) is 4.79 Å². The van der Waals surface area contributed by atoms with Crippen LogP contribution in [0.25, 0.3) is 0 Å². The zero-order valence-corrected chi connectivity index (χ0v) is 15.3. The number of rotatable bonds is 2. The van der Waals surface area contributed by atoms with Gasteiger partial charge in [-0.15, -0.1) is 11.8 Å². The molecule has 3 aliphatic heterocycles. The smallest absolute Gasteiger partial charge is 0.220 e. The van der Waals surface area contributed by atoms with Crippen molar-refractivity contribution in [2.24, 2.45) is 0 Å². The minimum atomic E-state index is -0.465. The molecule has 3 aliphatic rings. The third-order valence-electron chi connectivity index (χ3n) is 5.04. The summed E-state index contributed by atoms with van der Waals surface area (Å²) in [5.74, 6) is 0.0308. The first-order valence-corrected chi connectivity index (χ1v) is 9.49. The average molecular weight is 365 g/mol. The molecule has 0 aliphatic carbocycles. The number of hydrogen-bond acceptors (Lipinski definition) is 6. The summed E-state index contributed by atoms with van der Waals surface area (Å²) in [4.78, 5) is 14.0. The molecule has 3 heterocycles. The molecular weight excluding hydrogens is 342 g/mol. The van der Waals surface area contributed by atoms with Crippen molar-refractivity contribution in [1.29, 1.82) is 0 Å². The van der Waals surface area contributed by atoms with E-state index in [1.165, 1.54) is 0 Å². The summed E-state index contributed by atoms with van der Waals surface area (Å²) >= 11 is 1.75. The van der Waals surface area contributed by atoms with Gasteiger partial charge in [-0.3, -0.25) is 4.79 Å². The van der Waals surface area contributed by atoms with E-state index in [4.69, 9.17) is 18.9 Å². The lowest BCUT2D eigenvalue weighted by Crippen LogP contribution is -2.63. The molecule has 3 saturated heterocycles. The van der Waals surface area contributed by atoms with Gasteiger partial charge in [0.2, 0.25) is 5.91 Å². The SMILES string of the molecule is CO[C@H]1O[C@@H]2CO[C@@H](c3ccccc3)O[C@H]2[C@@H]2SC(C)N(C(C)=O)[C@H]12. The van der Waals surface area contributed by atoms with Crippen LogP contribution in [-0.2, 0) is 23.7 Å². The maximum Gasteiger partial charge on any atom is 0.220 e. The molecule has 1 aromatic carbocycles. The van der Waals surface area contributed by atoms with Crippen molar-refractivity contribution in [2.75, 3.05) is 13.7 Å². The van der Waals surface area contributed by atoms with E-state index in [1.807, 2.05) is 42.2 Å². The van der Waals surface area contributed by atoms with Crippen LogP contribution < -0.4 is 0 Å². The van der Waals surface area contributed by atoms with E-state index >= 15 is 0 Å². The van der Waals surface area contributed by atoms with Crippen molar-refractivity contribution in [3.8, 4) is 0 Å². The van der Waals surface area contributed by atoms with Gasteiger partial charge in [0, 0.05) is 19.6 Å². The largest absolute Gasteiger partial charge is 0.354 e. The second-order valence-corrected chi connectivity index (χ2v) is 8.07. The first-order valence-electron chi connectivity index (χ1n) is 8.54. The third kappa shape index (κ3) is 2.98. The molecule has 6 nitrogen and oxygen atoms in total. The summed E-state index contributed by atoms with van der Waals surface area (Å²) in [5.41, 5.74) is 0.992. The molecule has 4 rings (SSSR count). The summed E-state index contributed by atoms with van der Waals surface area (Å²) in [5, 5.41) is 0.159. The van der Waals surface area contributed by atoms with Crippen molar-refractivity contribution in [2.45, 2.75) is 55.3 Å². The van der Waals surface area contributed by atoms with E-state index in [0.717, 1.165) is 5.56 Å². The number of benzene rings is 1. The Morgan fingerprint density at radius 2 is 2.04 bits per heavy atom. The molecule has 7 heteroatoms. The van der Waals surface area contributed by atoms with Gasteiger partial charge in [0.05, 0.1) is 23.3 Å². The average Bonchev–Trinajstić information content (AvgIpc) is 2.98. The lowest BCUT2D eigenvalue weighted by molar-refractivity contribution is -0.321. The predicted octanol–water partition coefficient (Wildman–Crippen LogP) is 2.15. The molecule has 1 unspecified atom stereocenters. The Bertz CT molecular complexity index is 629. The fourth-order valence-electron chi connectivity index (χ4n) is 3.98. The number of methoxy groups -OCH3 is 1. The van der Waals surface area contributed by atoms with Gasteiger partial charge in [-0.2, -0.15) is 0 Å². The van der Waals surface area contributed by atoms with Gasteiger partial charge in [0.15, 0.2) is 12.6 Å². The summed E-state index contributed by atoms with van der Waals surface area (Å²) in [7, 11) is 1.62. The van der Waals surface area contributed by atoms with Crippen LogP contribution in [0.5, 0.6) is 0 Å². The van der Waals surface area contributed by atoms with Crippen LogP contribution >= 0.6 is 11.8 Å². The fourth-order valence-corrected chi connectivity index (χ4v) is 5.67. The van der Waals surface area contributed by atoms with E-state index in [0.29, 0.717) is 6.61 Å². The maximum absolute atomic E-state index is 12.2. The monoisotopic (exact) mass is 365 g/mol. The van der Waals surface area contributed by atoms with Crippen LogP contribution in [-0.4, -0.2) is 59.7 Å². The fraction of sp³-hybridized carbons (Fsp3) is 0.611. The Balaban J connectivity index is 1.60.